The van der Waals surface area contributed by atoms with E-state index in [4.69, 9.17) is 5.26 Å². The minimum atomic E-state index is 0.716. The van der Waals surface area contributed by atoms with Gasteiger partial charge in [0, 0.05) is 6.42 Å². The van der Waals surface area contributed by atoms with E-state index < -0.39 is 0 Å². The van der Waals surface area contributed by atoms with Gasteiger partial charge < -0.3 is 0 Å². The van der Waals surface area contributed by atoms with Gasteiger partial charge in [0.2, 0.25) is 0 Å². The van der Waals surface area contributed by atoms with Crippen molar-refractivity contribution >= 4 is 0 Å². The zero-order chi connectivity index (χ0) is 7.98. The summed E-state index contributed by atoms with van der Waals surface area (Å²) in [5, 5.41) is 8.30. The van der Waals surface area contributed by atoms with Gasteiger partial charge >= 0.3 is 0 Å². The van der Waals surface area contributed by atoms with Gasteiger partial charge in [0.15, 0.2) is 0 Å². The van der Waals surface area contributed by atoms with Crippen molar-refractivity contribution in [3.8, 4) is 6.07 Å². The van der Waals surface area contributed by atoms with Crippen molar-refractivity contribution in [1.82, 2.24) is 0 Å². The zero-order valence-corrected chi connectivity index (χ0v) is 7.22. The number of nitrogens with zero attached hydrogens (tertiary/aromatic N) is 1. The molecule has 0 aromatic heterocycles. The molecule has 1 atom stereocenters. The van der Waals surface area contributed by atoms with E-state index >= 15 is 0 Å². The molecule has 58 valence electrons. The van der Waals surface area contributed by atoms with Crippen molar-refractivity contribution < 1.29 is 0 Å². The van der Waals surface area contributed by atoms with Crippen molar-refractivity contribution in [2.45, 2.75) is 40.0 Å². The van der Waals surface area contributed by atoms with Gasteiger partial charge in [-0.2, -0.15) is 5.26 Å². The Morgan fingerprint density at radius 1 is 1.30 bits per heavy atom. The Morgan fingerprint density at radius 2 is 1.90 bits per heavy atom. The second kappa shape index (κ2) is 5.29. The van der Waals surface area contributed by atoms with Crippen LogP contribution in [0.3, 0.4) is 0 Å². The zero-order valence-electron chi connectivity index (χ0n) is 7.22. The molecule has 10 heavy (non-hydrogen) atoms. The molecule has 0 radical (unpaired) electrons. The Hall–Kier alpha value is -0.510. The fraction of sp³-hybridized carbons (Fsp3) is 0.889. The Kier molecular flexibility index (Phi) is 5.02. The molecule has 1 heteroatoms. The maximum absolute atomic E-state index is 8.30. The van der Waals surface area contributed by atoms with E-state index in [1.165, 1.54) is 6.42 Å². The van der Waals surface area contributed by atoms with E-state index in [1.54, 1.807) is 0 Å². The third-order valence-corrected chi connectivity index (χ3v) is 1.62. The predicted molar refractivity (Wildman–Crippen MR) is 43.5 cm³/mol. The first-order valence-corrected chi connectivity index (χ1v) is 4.03. The van der Waals surface area contributed by atoms with E-state index in [0.717, 1.165) is 18.3 Å². The molecule has 0 saturated carbocycles. The van der Waals surface area contributed by atoms with Gasteiger partial charge in [-0.15, -0.1) is 0 Å². The lowest BCUT2D eigenvalue weighted by molar-refractivity contribution is 0.419. The predicted octanol–water partition coefficient (Wildman–Crippen LogP) is 2.97. The molecule has 0 aliphatic rings. The van der Waals surface area contributed by atoms with Gasteiger partial charge in [0.25, 0.3) is 0 Å². The summed E-state index contributed by atoms with van der Waals surface area (Å²) in [6, 6.07) is 2.17. The van der Waals surface area contributed by atoms with E-state index in [9.17, 15) is 0 Å². The molecule has 0 saturated heterocycles. The van der Waals surface area contributed by atoms with Crippen molar-refractivity contribution in [1.29, 1.82) is 5.26 Å². The number of hydrogen-bond donors (Lipinski definition) is 0. The van der Waals surface area contributed by atoms with Crippen molar-refractivity contribution in [3.63, 3.8) is 0 Å². The summed E-state index contributed by atoms with van der Waals surface area (Å²) in [7, 11) is 0. The topological polar surface area (TPSA) is 23.8 Å². The van der Waals surface area contributed by atoms with Crippen LogP contribution in [0.1, 0.15) is 40.0 Å². The van der Waals surface area contributed by atoms with Gasteiger partial charge in [0.1, 0.15) is 0 Å². The maximum atomic E-state index is 8.30. The Labute approximate surface area is 64.1 Å². The van der Waals surface area contributed by atoms with Gasteiger partial charge in [-0.05, 0) is 24.7 Å². The first-order valence-electron chi connectivity index (χ1n) is 4.03. The molecular weight excluding hydrogens is 122 g/mol. The monoisotopic (exact) mass is 139 g/mol. The lowest BCUT2D eigenvalue weighted by atomic mass is 9.95. The number of nitriles is 1. The average molecular weight is 139 g/mol. The van der Waals surface area contributed by atoms with Crippen molar-refractivity contribution in [3.05, 3.63) is 0 Å². The largest absolute Gasteiger partial charge is 0.198 e. The van der Waals surface area contributed by atoms with Crippen LogP contribution in [0.2, 0.25) is 0 Å². The third-order valence-electron chi connectivity index (χ3n) is 1.62. The van der Waals surface area contributed by atoms with Crippen molar-refractivity contribution in [2.24, 2.45) is 11.8 Å². The van der Waals surface area contributed by atoms with Crippen LogP contribution in [0.4, 0.5) is 0 Å². The summed E-state index contributed by atoms with van der Waals surface area (Å²) in [4.78, 5) is 0. The van der Waals surface area contributed by atoms with Crippen LogP contribution >= 0.6 is 0 Å². The second-order valence-electron chi connectivity index (χ2n) is 3.43. The quantitative estimate of drug-likeness (QED) is 0.587. The summed E-state index contributed by atoms with van der Waals surface area (Å²) in [6.07, 6.45) is 3.03. The van der Waals surface area contributed by atoms with Gasteiger partial charge in [0.05, 0.1) is 6.07 Å². The highest BCUT2D eigenvalue weighted by Gasteiger charge is 2.03. The number of hydrogen-bond acceptors (Lipinski definition) is 1. The number of rotatable bonds is 4. The smallest absolute Gasteiger partial charge is 0.0621 e. The molecule has 0 aliphatic heterocycles. The fourth-order valence-corrected chi connectivity index (χ4v) is 1.23. The Balaban J connectivity index is 3.27. The Bertz CT molecular complexity index is 110. The summed E-state index contributed by atoms with van der Waals surface area (Å²) >= 11 is 0. The van der Waals surface area contributed by atoms with Gasteiger partial charge in [-0.1, -0.05) is 20.8 Å². The fourth-order valence-electron chi connectivity index (χ4n) is 1.23. The highest BCUT2D eigenvalue weighted by molar-refractivity contribution is 4.70. The van der Waals surface area contributed by atoms with Crippen LogP contribution in [-0.2, 0) is 0 Å². The second-order valence-corrected chi connectivity index (χ2v) is 3.43. The van der Waals surface area contributed by atoms with E-state index in [-0.39, 0.29) is 0 Å². The van der Waals surface area contributed by atoms with Gasteiger partial charge in [-0.3, -0.25) is 0 Å². The highest BCUT2D eigenvalue weighted by atomic mass is 14.2. The van der Waals surface area contributed by atoms with E-state index in [1.807, 2.05) is 0 Å². The third kappa shape index (κ3) is 5.62. The molecule has 0 spiro atoms. The molecule has 0 rings (SSSR count). The van der Waals surface area contributed by atoms with Crippen LogP contribution in [-0.4, -0.2) is 0 Å². The standard InChI is InChI=1S/C9H17N/c1-8(2)7-9(3)5-4-6-10/h8-9H,4-5,7H2,1-3H3. The van der Waals surface area contributed by atoms with Gasteiger partial charge in [-0.25, -0.2) is 0 Å². The highest BCUT2D eigenvalue weighted by Crippen LogP contribution is 2.15. The van der Waals surface area contributed by atoms with Crippen LogP contribution in [0, 0.1) is 23.2 Å². The molecular formula is C9H17N. The average Bonchev–Trinajstić information content (AvgIpc) is 1.82. The van der Waals surface area contributed by atoms with Crippen LogP contribution in [0.25, 0.3) is 0 Å². The lowest BCUT2D eigenvalue weighted by Crippen LogP contribution is -1.99. The Morgan fingerprint density at radius 3 is 2.30 bits per heavy atom. The molecule has 0 aliphatic carbocycles. The van der Waals surface area contributed by atoms with Crippen LogP contribution in [0.5, 0.6) is 0 Å². The molecule has 0 N–H and O–H groups in total. The summed E-state index contributed by atoms with van der Waals surface area (Å²) in [5.41, 5.74) is 0. The molecule has 0 aromatic carbocycles. The molecule has 0 fully saturated rings. The van der Waals surface area contributed by atoms with Crippen LogP contribution in [0.15, 0.2) is 0 Å². The molecule has 0 amide bonds. The summed E-state index contributed by atoms with van der Waals surface area (Å²) in [6.45, 7) is 6.67. The van der Waals surface area contributed by atoms with Crippen LogP contribution < -0.4 is 0 Å². The minimum Gasteiger partial charge on any atom is -0.198 e. The first kappa shape index (κ1) is 9.49. The van der Waals surface area contributed by atoms with E-state index in [0.29, 0.717) is 6.42 Å². The normalized spacial score (nSPS) is 13.1. The SMILES string of the molecule is CC(C)CC(C)CCC#N. The maximum Gasteiger partial charge on any atom is 0.0621 e. The molecule has 0 heterocycles. The summed E-state index contributed by atoms with van der Waals surface area (Å²) < 4.78 is 0. The lowest BCUT2D eigenvalue weighted by Gasteiger charge is -2.10. The molecule has 1 unspecified atom stereocenters. The van der Waals surface area contributed by atoms with E-state index in [2.05, 4.69) is 26.8 Å². The molecule has 0 bridgehead atoms. The minimum absolute atomic E-state index is 0.716. The summed E-state index contributed by atoms with van der Waals surface area (Å²) in [5.74, 6) is 1.49. The molecule has 0 aromatic rings. The first-order chi connectivity index (χ1) is 4.66. The molecule has 1 nitrogen and oxygen atoms in total. The van der Waals surface area contributed by atoms with Crippen molar-refractivity contribution in [2.75, 3.05) is 0 Å².